The monoisotopic (exact) mass is 508 g/mol. The van der Waals surface area contributed by atoms with Crippen LogP contribution in [0.3, 0.4) is 0 Å². The molecule has 0 saturated heterocycles. The molecule has 36 heavy (non-hydrogen) atoms. The normalized spacial score (nSPS) is 11.8. The van der Waals surface area contributed by atoms with E-state index in [0.29, 0.717) is 22.6 Å². The maximum absolute atomic E-state index is 13.3. The molecule has 0 aliphatic carbocycles. The molecule has 0 unspecified atom stereocenters. The van der Waals surface area contributed by atoms with Crippen molar-refractivity contribution in [3.05, 3.63) is 106 Å². The number of hydrogen-bond donors (Lipinski definition) is 0. The van der Waals surface area contributed by atoms with E-state index in [1.807, 2.05) is 37.3 Å². The van der Waals surface area contributed by atoms with Gasteiger partial charge in [0.15, 0.2) is 5.16 Å². The van der Waals surface area contributed by atoms with Crippen LogP contribution in [0.5, 0.6) is 0 Å². The fourth-order valence-electron chi connectivity index (χ4n) is 3.66. The molecule has 0 saturated carbocycles. The topological polar surface area (TPSA) is 73.8 Å². The first-order valence-electron chi connectivity index (χ1n) is 11.0. The predicted molar refractivity (Wildman–Crippen MR) is 131 cm³/mol. The van der Waals surface area contributed by atoms with Crippen molar-refractivity contribution in [2.75, 3.05) is 0 Å². The SMILES string of the molecule is Cc1ccc(Cn2c(SCc3nc(-c4cccc(C(F)(F)F)c4)no3)nc3ccccc3c2=O)cc1. The van der Waals surface area contributed by atoms with Crippen molar-refractivity contribution in [1.82, 2.24) is 19.7 Å². The number of halogens is 3. The average Bonchev–Trinajstić information content (AvgIpc) is 3.35. The lowest BCUT2D eigenvalue weighted by molar-refractivity contribution is -0.137. The fourth-order valence-corrected chi connectivity index (χ4v) is 4.50. The summed E-state index contributed by atoms with van der Waals surface area (Å²) in [6, 6.07) is 19.8. The molecular weight excluding hydrogens is 489 g/mol. The standard InChI is InChI=1S/C26H19F3N4O2S/c1-16-9-11-17(12-10-16)14-33-24(34)20-7-2-3-8-21(20)30-25(33)36-15-22-31-23(32-35-22)18-5-4-6-19(13-18)26(27,28)29/h2-13H,14-15H2,1H3. The van der Waals surface area contributed by atoms with Gasteiger partial charge in [-0.25, -0.2) is 4.98 Å². The highest BCUT2D eigenvalue weighted by molar-refractivity contribution is 7.98. The Balaban J connectivity index is 1.43. The van der Waals surface area contributed by atoms with Crippen molar-refractivity contribution in [3.8, 4) is 11.4 Å². The van der Waals surface area contributed by atoms with E-state index in [2.05, 4.69) is 15.1 Å². The minimum atomic E-state index is -4.47. The minimum Gasteiger partial charge on any atom is -0.338 e. The third-order valence-electron chi connectivity index (χ3n) is 5.53. The Kier molecular flexibility index (Phi) is 6.36. The summed E-state index contributed by atoms with van der Waals surface area (Å²) in [4.78, 5) is 22.2. The van der Waals surface area contributed by atoms with Gasteiger partial charge < -0.3 is 4.52 Å². The van der Waals surface area contributed by atoms with Crippen LogP contribution < -0.4 is 5.56 Å². The second-order valence-electron chi connectivity index (χ2n) is 8.17. The third kappa shape index (κ3) is 5.03. The van der Waals surface area contributed by atoms with Crippen LogP contribution in [0.1, 0.15) is 22.6 Å². The van der Waals surface area contributed by atoms with Crippen LogP contribution in [0.15, 0.2) is 87.3 Å². The summed E-state index contributed by atoms with van der Waals surface area (Å²) in [5, 5.41) is 4.82. The molecule has 0 amide bonds. The molecule has 182 valence electrons. The highest BCUT2D eigenvalue weighted by Gasteiger charge is 2.30. The number of aryl methyl sites for hydroxylation is 1. The number of para-hydroxylation sites is 1. The molecule has 10 heteroatoms. The lowest BCUT2D eigenvalue weighted by Crippen LogP contribution is -2.24. The molecule has 0 aliphatic rings. The molecule has 0 fully saturated rings. The highest BCUT2D eigenvalue weighted by atomic mass is 32.2. The van der Waals surface area contributed by atoms with Gasteiger partial charge in [0.2, 0.25) is 11.7 Å². The van der Waals surface area contributed by atoms with Gasteiger partial charge in [-0.15, -0.1) is 0 Å². The van der Waals surface area contributed by atoms with Gasteiger partial charge in [-0.2, -0.15) is 18.2 Å². The number of fused-ring (bicyclic) bond motifs is 1. The van der Waals surface area contributed by atoms with Crippen LogP contribution in [-0.4, -0.2) is 19.7 Å². The Hall–Kier alpha value is -3.92. The molecular formula is C26H19F3N4O2S. The van der Waals surface area contributed by atoms with E-state index in [4.69, 9.17) is 4.52 Å². The zero-order valence-corrected chi connectivity index (χ0v) is 19.8. The van der Waals surface area contributed by atoms with Gasteiger partial charge in [0.1, 0.15) is 0 Å². The molecule has 0 atom stereocenters. The second-order valence-corrected chi connectivity index (χ2v) is 9.11. The van der Waals surface area contributed by atoms with Gasteiger partial charge in [-0.3, -0.25) is 9.36 Å². The first-order chi connectivity index (χ1) is 17.3. The summed E-state index contributed by atoms with van der Waals surface area (Å²) in [5.41, 5.74) is 1.88. The van der Waals surface area contributed by atoms with Crippen molar-refractivity contribution >= 4 is 22.7 Å². The van der Waals surface area contributed by atoms with Crippen LogP contribution in [0.2, 0.25) is 0 Å². The summed E-state index contributed by atoms with van der Waals surface area (Å²) < 4.78 is 46.0. The van der Waals surface area contributed by atoms with Crippen molar-refractivity contribution in [1.29, 1.82) is 0 Å². The molecule has 0 radical (unpaired) electrons. The smallest absolute Gasteiger partial charge is 0.338 e. The van der Waals surface area contributed by atoms with Crippen molar-refractivity contribution in [3.63, 3.8) is 0 Å². The summed E-state index contributed by atoms with van der Waals surface area (Å²) >= 11 is 1.24. The molecule has 3 aromatic carbocycles. The van der Waals surface area contributed by atoms with Crippen LogP contribution >= 0.6 is 11.8 Å². The van der Waals surface area contributed by atoms with Crippen LogP contribution in [0.25, 0.3) is 22.3 Å². The minimum absolute atomic E-state index is 0.0558. The average molecular weight is 509 g/mol. The van der Waals surface area contributed by atoms with Crippen molar-refractivity contribution in [2.24, 2.45) is 0 Å². The first kappa shape index (κ1) is 23.8. The maximum Gasteiger partial charge on any atom is 0.416 e. The summed E-state index contributed by atoms with van der Waals surface area (Å²) in [7, 11) is 0. The Labute approximate surface area is 207 Å². The zero-order valence-electron chi connectivity index (χ0n) is 19.0. The van der Waals surface area contributed by atoms with Crippen LogP contribution in [0, 0.1) is 6.92 Å². The quantitative estimate of drug-likeness (QED) is 0.203. The Morgan fingerprint density at radius 2 is 1.75 bits per heavy atom. The van der Waals surface area contributed by atoms with E-state index in [9.17, 15) is 18.0 Å². The number of rotatable bonds is 6. The highest BCUT2D eigenvalue weighted by Crippen LogP contribution is 2.32. The molecule has 0 bridgehead atoms. The molecule has 2 aromatic heterocycles. The van der Waals surface area contributed by atoms with Gasteiger partial charge in [-0.05, 0) is 36.8 Å². The number of thioether (sulfide) groups is 1. The van der Waals surface area contributed by atoms with E-state index in [1.165, 1.54) is 23.9 Å². The lowest BCUT2D eigenvalue weighted by atomic mass is 10.1. The van der Waals surface area contributed by atoms with E-state index < -0.39 is 11.7 Å². The van der Waals surface area contributed by atoms with Gasteiger partial charge in [0.25, 0.3) is 5.56 Å². The number of benzene rings is 3. The largest absolute Gasteiger partial charge is 0.416 e. The molecule has 5 aromatic rings. The van der Waals surface area contributed by atoms with Crippen molar-refractivity contribution in [2.45, 2.75) is 30.6 Å². The Morgan fingerprint density at radius 3 is 2.53 bits per heavy atom. The van der Waals surface area contributed by atoms with Gasteiger partial charge in [0, 0.05) is 5.56 Å². The maximum atomic E-state index is 13.3. The van der Waals surface area contributed by atoms with E-state index in [1.54, 1.807) is 22.8 Å². The lowest BCUT2D eigenvalue weighted by Gasteiger charge is -2.13. The zero-order chi connectivity index (χ0) is 25.3. The summed E-state index contributed by atoms with van der Waals surface area (Å²) in [6.07, 6.45) is -4.47. The number of aromatic nitrogens is 4. The molecule has 0 aliphatic heterocycles. The second kappa shape index (κ2) is 9.62. The van der Waals surface area contributed by atoms with E-state index in [0.717, 1.165) is 23.3 Å². The van der Waals surface area contributed by atoms with Gasteiger partial charge >= 0.3 is 6.18 Å². The third-order valence-corrected chi connectivity index (χ3v) is 6.49. The number of alkyl halides is 3. The van der Waals surface area contributed by atoms with Crippen LogP contribution in [-0.2, 0) is 18.5 Å². The molecule has 5 rings (SSSR count). The number of nitrogens with zero attached hydrogens (tertiary/aromatic N) is 4. The molecule has 0 N–H and O–H groups in total. The van der Waals surface area contributed by atoms with Gasteiger partial charge in [-0.1, -0.05) is 71.0 Å². The number of hydrogen-bond acceptors (Lipinski definition) is 6. The Morgan fingerprint density at radius 1 is 0.972 bits per heavy atom. The van der Waals surface area contributed by atoms with E-state index >= 15 is 0 Å². The summed E-state index contributed by atoms with van der Waals surface area (Å²) in [5.74, 6) is 0.446. The Bertz CT molecular complexity index is 1590. The fraction of sp³-hybridized carbons (Fsp3) is 0.154. The predicted octanol–water partition coefficient (Wildman–Crippen LogP) is 6.11. The van der Waals surface area contributed by atoms with Crippen molar-refractivity contribution < 1.29 is 17.7 Å². The van der Waals surface area contributed by atoms with E-state index in [-0.39, 0.29) is 28.6 Å². The molecule has 6 nitrogen and oxygen atoms in total. The summed E-state index contributed by atoms with van der Waals surface area (Å²) in [6.45, 7) is 2.32. The van der Waals surface area contributed by atoms with Crippen LogP contribution in [0.4, 0.5) is 13.2 Å². The first-order valence-corrected chi connectivity index (χ1v) is 11.9. The van der Waals surface area contributed by atoms with Gasteiger partial charge in [0.05, 0.1) is 28.8 Å². The molecule has 0 spiro atoms. The molecule has 2 heterocycles.